The van der Waals surface area contributed by atoms with E-state index in [9.17, 15) is 4.57 Å². The molecular formula is C5H13NO4P+. The van der Waals surface area contributed by atoms with Crippen LogP contribution in [0.5, 0.6) is 0 Å². The summed E-state index contributed by atoms with van der Waals surface area (Å²) >= 11 is 0. The third-order valence-electron chi connectivity index (χ3n) is 0.814. The average Bonchev–Trinajstić information content (AvgIpc) is 2.01. The molecule has 6 heteroatoms. The van der Waals surface area contributed by atoms with Crippen LogP contribution in [-0.4, -0.2) is 31.5 Å². The average molecular weight is 182 g/mol. The Morgan fingerprint density at radius 1 is 1.36 bits per heavy atom. The molecule has 0 aromatic carbocycles. The Morgan fingerprint density at radius 3 is 2.55 bits per heavy atom. The molecule has 0 aliphatic rings. The highest BCUT2D eigenvalue weighted by Gasteiger charge is 2.18. The molecule has 0 saturated heterocycles. The maximum absolute atomic E-state index is 10.6. The molecule has 0 radical (unpaired) electrons. The molecule has 0 heterocycles. The molecule has 0 rings (SSSR count). The van der Waals surface area contributed by atoms with E-state index in [0.717, 1.165) is 0 Å². The van der Waals surface area contributed by atoms with Crippen molar-refractivity contribution in [3.8, 4) is 0 Å². The van der Waals surface area contributed by atoms with E-state index in [2.05, 4.69) is 9.05 Å². The zero-order chi connectivity index (χ0) is 8.53. The van der Waals surface area contributed by atoms with E-state index in [1.807, 2.05) is 0 Å². The van der Waals surface area contributed by atoms with Crippen molar-refractivity contribution in [2.45, 2.75) is 6.42 Å². The van der Waals surface area contributed by atoms with Gasteiger partial charge in [-0.1, -0.05) is 0 Å². The molecule has 0 aromatic heterocycles. The first-order valence-electron chi connectivity index (χ1n) is 3.35. The van der Waals surface area contributed by atoms with Crippen molar-refractivity contribution in [1.82, 2.24) is 0 Å². The third kappa shape index (κ3) is 7.84. The van der Waals surface area contributed by atoms with Gasteiger partial charge in [0, 0.05) is 17.7 Å². The predicted molar refractivity (Wildman–Crippen MR) is 40.3 cm³/mol. The second kappa shape index (κ2) is 8.04. The minimum absolute atomic E-state index is 0.0278. The van der Waals surface area contributed by atoms with Gasteiger partial charge in [0.2, 0.25) is 0 Å². The first kappa shape index (κ1) is 10.9. The summed E-state index contributed by atoms with van der Waals surface area (Å²) in [5.74, 6) is 0. The molecule has 0 aromatic rings. The first-order chi connectivity index (χ1) is 5.31. The van der Waals surface area contributed by atoms with E-state index >= 15 is 0 Å². The van der Waals surface area contributed by atoms with E-state index in [-0.39, 0.29) is 19.8 Å². The summed E-state index contributed by atoms with van der Waals surface area (Å²) in [5.41, 5.74) is 5.08. The lowest BCUT2D eigenvalue weighted by molar-refractivity contribution is 0.202. The van der Waals surface area contributed by atoms with E-state index in [0.29, 0.717) is 13.0 Å². The quantitative estimate of drug-likeness (QED) is 0.428. The lowest BCUT2D eigenvalue weighted by Gasteiger charge is -1.88. The lowest BCUT2D eigenvalue weighted by Crippen LogP contribution is -2.05. The maximum Gasteiger partial charge on any atom is 0.697 e. The standard InChI is InChI=1S/C5H13NO4P/c6-2-5-10-11(8)9-4-1-3-7/h7H,1-6H2/q+1. The number of rotatable bonds is 7. The normalized spacial score (nSPS) is 11.6. The number of nitrogens with two attached hydrogens (primary N) is 1. The van der Waals surface area contributed by atoms with E-state index in [4.69, 9.17) is 10.8 Å². The molecular weight excluding hydrogens is 169 g/mol. The van der Waals surface area contributed by atoms with Gasteiger partial charge < -0.3 is 10.8 Å². The molecule has 11 heavy (non-hydrogen) atoms. The van der Waals surface area contributed by atoms with Crippen molar-refractivity contribution in [2.24, 2.45) is 5.73 Å². The van der Waals surface area contributed by atoms with E-state index in [1.165, 1.54) is 0 Å². The first-order valence-corrected chi connectivity index (χ1v) is 4.44. The molecule has 1 unspecified atom stereocenters. The topological polar surface area (TPSA) is 81.8 Å². The highest BCUT2D eigenvalue weighted by Crippen LogP contribution is 2.22. The molecule has 0 saturated carbocycles. The second-order valence-corrected chi connectivity index (χ2v) is 2.72. The van der Waals surface area contributed by atoms with Crippen LogP contribution in [0.25, 0.3) is 0 Å². The largest absolute Gasteiger partial charge is 0.697 e. The molecule has 0 amide bonds. The third-order valence-corrected chi connectivity index (χ3v) is 1.60. The van der Waals surface area contributed by atoms with E-state index < -0.39 is 8.25 Å². The van der Waals surface area contributed by atoms with Crippen LogP contribution in [0.2, 0.25) is 0 Å². The monoisotopic (exact) mass is 182 g/mol. The molecule has 0 spiro atoms. The predicted octanol–water partition coefficient (Wildman–Crippen LogP) is 0.0181. The minimum atomic E-state index is -2.04. The zero-order valence-electron chi connectivity index (χ0n) is 6.23. The smallest absolute Gasteiger partial charge is 0.396 e. The highest BCUT2D eigenvalue weighted by atomic mass is 31.1. The number of hydrogen-bond acceptors (Lipinski definition) is 5. The minimum Gasteiger partial charge on any atom is -0.396 e. The summed E-state index contributed by atoms with van der Waals surface area (Å²) in [4.78, 5) is 0. The molecule has 0 fully saturated rings. The summed E-state index contributed by atoms with van der Waals surface area (Å²) in [6.07, 6.45) is 0.465. The van der Waals surface area contributed by atoms with Gasteiger partial charge in [-0.3, -0.25) is 0 Å². The van der Waals surface area contributed by atoms with Gasteiger partial charge in [0.05, 0.1) is 0 Å². The van der Waals surface area contributed by atoms with Crippen LogP contribution in [0.15, 0.2) is 0 Å². The van der Waals surface area contributed by atoms with Crippen LogP contribution in [-0.2, 0) is 13.6 Å². The van der Waals surface area contributed by atoms with Crippen molar-refractivity contribution in [1.29, 1.82) is 0 Å². The van der Waals surface area contributed by atoms with Crippen LogP contribution in [0.3, 0.4) is 0 Å². The SMILES string of the molecule is NCCO[P+](=O)OCCCO. The van der Waals surface area contributed by atoms with Crippen molar-refractivity contribution < 1.29 is 18.7 Å². The summed E-state index contributed by atoms with van der Waals surface area (Å²) < 4.78 is 19.9. The van der Waals surface area contributed by atoms with Gasteiger partial charge in [0.1, 0.15) is 13.2 Å². The van der Waals surface area contributed by atoms with Gasteiger partial charge in [-0.25, -0.2) is 0 Å². The van der Waals surface area contributed by atoms with Crippen LogP contribution in [0, 0.1) is 0 Å². The zero-order valence-corrected chi connectivity index (χ0v) is 7.13. The van der Waals surface area contributed by atoms with Gasteiger partial charge in [-0.05, 0) is 6.42 Å². The molecule has 3 N–H and O–H groups in total. The Bertz CT molecular complexity index is 111. The van der Waals surface area contributed by atoms with Crippen LogP contribution < -0.4 is 5.73 Å². The van der Waals surface area contributed by atoms with Gasteiger partial charge in [-0.2, -0.15) is 0 Å². The highest BCUT2D eigenvalue weighted by molar-refractivity contribution is 7.33. The van der Waals surface area contributed by atoms with Gasteiger partial charge in [0.25, 0.3) is 0 Å². The fourth-order valence-corrected chi connectivity index (χ4v) is 0.975. The van der Waals surface area contributed by atoms with Crippen molar-refractivity contribution in [2.75, 3.05) is 26.4 Å². The van der Waals surface area contributed by atoms with Gasteiger partial charge in [0.15, 0.2) is 0 Å². The van der Waals surface area contributed by atoms with Gasteiger partial charge in [-0.15, -0.1) is 9.05 Å². The fraction of sp³-hybridized carbons (Fsp3) is 1.00. The Morgan fingerprint density at radius 2 is 2.00 bits per heavy atom. The van der Waals surface area contributed by atoms with Crippen molar-refractivity contribution in [3.05, 3.63) is 0 Å². The summed E-state index contributed by atoms with van der Waals surface area (Å²) in [6, 6.07) is 0. The fourth-order valence-electron chi connectivity index (χ4n) is 0.368. The van der Waals surface area contributed by atoms with Crippen LogP contribution >= 0.6 is 8.25 Å². The number of hydrogen-bond donors (Lipinski definition) is 2. The number of aliphatic hydroxyl groups excluding tert-OH is 1. The molecule has 0 aliphatic heterocycles. The molecule has 0 aliphatic carbocycles. The van der Waals surface area contributed by atoms with E-state index in [1.54, 1.807) is 0 Å². The summed E-state index contributed by atoms with van der Waals surface area (Å²) in [6.45, 7) is 0.828. The molecule has 1 atom stereocenters. The van der Waals surface area contributed by atoms with Crippen molar-refractivity contribution in [3.63, 3.8) is 0 Å². The lowest BCUT2D eigenvalue weighted by atomic mass is 10.5. The Labute approximate surface area is 66.4 Å². The Hall–Kier alpha value is -0.0600. The Balaban J connectivity index is 3.09. The summed E-state index contributed by atoms with van der Waals surface area (Å²) in [5, 5.41) is 8.32. The number of aliphatic hydroxyl groups is 1. The maximum atomic E-state index is 10.6. The van der Waals surface area contributed by atoms with Crippen molar-refractivity contribution >= 4 is 8.25 Å². The van der Waals surface area contributed by atoms with Crippen LogP contribution in [0.1, 0.15) is 6.42 Å². The molecule has 5 nitrogen and oxygen atoms in total. The molecule has 66 valence electrons. The Kier molecular flexibility index (Phi) is 8.00. The van der Waals surface area contributed by atoms with Gasteiger partial charge >= 0.3 is 8.25 Å². The van der Waals surface area contributed by atoms with Crippen LogP contribution in [0.4, 0.5) is 0 Å². The molecule has 0 bridgehead atoms. The summed E-state index contributed by atoms with van der Waals surface area (Å²) in [7, 11) is -2.04. The second-order valence-electron chi connectivity index (χ2n) is 1.76.